The molecular weight excluding hydrogens is 301 g/mol. The van der Waals surface area contributed by atoms with E-state index in [1.54, 1.807) is 14.1 Å². The zero-order valence-electron chi connectivity index (χ0n) is 12.6. The molecular formula is C13H21FNO5S+. The molecule has 0 heterocycles. The van der Waals surface area contributed by atoms with Crippen LogP contribution in [0, 0.1) is 5.82 Å². The van der Waals surface area contributed by atoms with Crippen molar-refractivity contribution in [3.05, 3.63) is 17.9 Å². The smallest absolute Gasteiger partial charge is 0.265 e. The average molecular weight is 322 g/mol. The van der Waals surface area contributed by atoms with E-state index in [2.05, 4.69) is 0 Å². The molecule has 0 radical (unpaired) electrons. The summed E-state index contributed by atoms with van der Waals surface area (Å²) in [6.07, 6.45) is 0.208. The van der Waals surface area contributed by atoms with Gasteiger partial charge in [0.25, 0.3) is 10.1 Å². The molecule has 0 aliphatic rings. The summed E-state index contributed by atoms with van der Waals surface area (Å²) in [5.74, 6) is -0.139. The molecule has 0 aliphatic heterocycles. The number of hydrogen-bond acceptors (Lipinski definition) is 4. The van der Waals surface area contributed by atoms with Crippen LogP contribution in [0.2, 0.25) is 0 Å². The molecule has 1 aromatic rings. The van der Waals surface area contributed by atoms with Gasteiger partial charge < -0.3 is 9.47 Å². The predicted molar refractivity (Wildman–Crippen MR) is 79.0 cm³/mol. The standard InChI is InChI=1S/C13H20FNO5S/c1-15(2,6-5-7-21(16,17)18)11-9-13(20-4)12(19-3)8-10(11)14/h8-9H,5-7H2,1-4H3/p+1. The third kappa shape index (κ3) is 4.83. The number of halogens is 1. The highest BCUT2D eigenvalue weighted by atomic mass is 32.2. The fraction of sp³-hybridized carbons (Fsp3) is 0.538. The van der Waals surface area contributed by atoms with Crippen molar-refractivity contribution in [1.82, 2.24) is 4.48 Å². The number of methoxy groups -OCH3 is 2. The predicted octanol–water partition coefficient (Wildman–Crippen LogP) is 1.69. The first kappa shape index (κ1) is 17.7. The summed E-state index contributed by atoms with van der Waals surface area (Å²) in [5, 5.41) is 0. The normalized spacial score (nSPS) is 12.3. The van der Waals surface area contributed by atoms with Gasteiger partial charge in [-0.1, -0.05) is 0 Å². The van der Waals surface area contributed by atoms with Gasteiger partial charge in [-0.05, 0) is 0 Å². The van der Waals surface area contributed by atoms with Crippen molar-refractivity contribution in [2.24, 2.45) is 0 Å². The molecule has 0 bridgehead atoms. The maximum absolute atomic E-state index is 14.2. The number of benzene rings is 1. The lowest BCUT2D eigenvalue weighted by Gasteiger charge is -2.30. The molecule has 0 spiro atoms. The van der Waals surface area contributed by atoms with Crippen LogP contribution in [0.25, 0.3) is 0 Å². The number of quaternary nitrogens is 1. The molecule has 0 amide bonds. The Kier molecular flexibility index (Phi) is 5.54. The lowest BCUT2D eigenvalue weighted by molar-refractivity contribution is 0.343. The van der Waals surface area contributed by atoms with Crippen molar-refractivity contribution in [1.29, 1.82) is 0 Å². The maximum Gasteiger partial charge on any atom is 0.265 e. The Labute approximate surface area is 124 Å². The molecule has 0 aliphatic carbocycles. The monoisotopic (exact) mass is 322 g/mol. The van der Waals surface area contributed by atoms with Crippen molar-refractivity contribution < 1.29 is 26.8 Å². The minimum absolute atomic E-state index is 0.113. The van der Waals surface area contributed by atoms with Crippen molar-refractivity contribution in [3.63, 3.8) is 0 Å². The molecule has 1 rings (SSSR count). The lowest BCUT2D eigenvalue weighted by Crippen LogP contribution is -2.42. The van der Waals surface area contributed by atoms with E-state index >= 15 is 0 Å². The third-order valence-corrected chi connectivity index (χ3v) is 4.03. The van der Waals surface area contributed by atoms with Crippen LogP contribution in [0.3, 0.4) is 0 Å². The van der Waals surface area contributed by atoms with Gasteiger partial charge in [-0.3, -0.25) is 9.04 Å². The molecule has 0 unspecified atom stereocenters. The second kappa shape index (κ2) is 6.59. The first-order valence-corrected chi connectivity index (χ1v) is 7.92. The van der Waals surface area contributed by atoms with Crippen molar-refractivity contribution in [2.45, 2.75) is 6.42 Å². The molecule has 0 fully saturated rings. The number of hydrogen-bond donors (Lipinski definition) is 1. The zero-order chi connectivity index (χ0) is 16.3. The van der Waals surface area contributed by atoms with Crippen LogP contribution in [0.1, 0.15) is 6.42 Å². The Morgan fingerprint density at radius 2 is 1.71 bits per heavy atom. The Morgan fingerprint density at radius 3 is 2.19 bits per heavy atom. The van der Waals surface area contributed by atoms with Gasteiger partial charge >= 0.3 is 0 Å². The molecule has 8 heteroatoms. The first-order chi connectivity index (χ1) is 9.60. The molecule has 0 aromatic heterocycles. The van der Waals surface area contributed by atoms with Gasteiger partial charge in [0.15, 0.2) is 23.0 Å². The number of nitrogens with zero attached hydrogens (tertiary/aromatic N) is 1. The van der Waals surface area contributed by atoms with Crippen LogP contribution < -0.4 is 14.0 Å². The molecule has 0 atom stereocenters. The van der Waals surface area contributed by atoms with Crippen LogP contribution in [0.5, 0.6) is 11.5 Å². The van der Waals surface area contributed by atoms with E-state index in [1.165, 1.54) is 26.4 Å². The molecule has 120 valence electrons. The van der Waals surface area contributed by atoms with Crippen LogP contribution in [0.15, 0.2) is 12.1 Å². The van der Waals surface area contributed by atoms with Crippen molar-refractivity contribution >= 4 is 15.8 Å². The highest BCUT2D eigenvalue weighted by molar-refractivity contribution is 7.85. The van der Waals surface area contributed by atoms with Crippen LogP contribution in [-0.4, -0.2) is 53.6 Å². The Balaban J connectivity index is 3.01. The summed E-state index contributed by atoms with van der Waals surface area (Å²) >= 11 is 0. The van der Waals surface area contributed by atoms with Crippen molar-refractivity contribution in [3.8, 4) is 11.5 Å². The van der Waals surface area contributed by atoms with Crippen LogP contribution in [-0.2, 0) is 10.1 Å². The van der Waals surface area contributed by atoms with Gasteiger partial charge in [-0.25, -0.2) is 4.39 Å². The van der Waals surface area contributed by atoms with Crippen LogP contribution in [0.4, 0.5) is 10.1 Å². The topological polar surface area (TPSA) is 72.8 Å². The van der Waals surface area contributed by atoms with E-state index in [0.29, 0.717) is 18.0 Å². The summed E-state index contributed by atoms with van der Waals surface area (Å²) in [5.41, 5.74) is 0.350. The highest BCUT2D eigenvalue weighted by Crippen LogP contribution is 2.35. The largest absolute Gasteiger partial charge is 0.493 e. The second-order valence-electron chi connectivity index (χ2n) is 5.21. The van der Waals surface area contributed by atoms with E-state index in [-0.39, 0.29) is 22.4 Å². The molecule has 1 aromatic carbocycles. The van der Waals surface area contributed by atoms with Crippen LogP contribution >= 0.6 is 0 Å². The molecule has 0 saturated carbocycles. The van der Waals surface area contributed by atoms with Gasteiger partial charge in [0.2, 0.25) is 0 Å². The SMILES string of the molecule is COc1cc(F)c([N+](C)(C)CCCS(=O)(=O)O)cc1OC. The van der Waals surface area contributed by atoms with Gasteiger partial charge in [0.1, 0.15) is 0 Å². The summed E-state index contributed by atoms with van der Waals surface area (Å²) in [6.45, 7) is 0.339. The van der Waals surface area contributed by atoms with Gasteiger partial charge in [-0.2, -0.15) is 8.42 Å². The molecule has 21 heavy (non-hydrogen) atoms. The van der Waals surface area contributed by atoms with E-state index in [4.69, 9.17) is 14.0 Å². The fourth-order valence-corrected chi connectivity index (χ4v) is 2.56. The molecule has 1 N–H and O–H groups in total. The number of ether oxygens (including phenoxy) is 2. The summed E-state index contributed by atoms with van der Waals surface area (Å²) in [7, 11) is 2.35. The average Bonchev–Trinajstić information content (AvgIpc) is 2.36. The zero-order valence-corrected chi connectivity index (χ0v) is 13.4. The first-order valence-electron chi connectivity index (χ1n) is 6.31. The lowest BCUT2D eigenvalue weighted by atomic mass is 10.2. The Hall–Kier alpha value is -1.38. The van der Waals surface area contributed by atoms with E-state index in [1.807, 2.05) is 0 Å². The quantitative estimate of drug-likeness (QED) is 0.611. The maximum atomic E-state index is 14.2. The summed E-state index contributed by atoms with van der Waals surface area (Å²) in [4.78, 5) is 0. The third-order valence-electron chi connectivity index (χ3n) is 3.22. The summed E-state index contributed by atoms with van der Waals surface area (Å²) < 4.78 is 54.7. The van der Waals surface area contributed by atoms with E-state index in [0.717, 1.165) is 0 Å². The van der Waals surface area contributed by atoms with E-state index < -0.39 is 15.9 Å². The van der Waals surface area contributed by atoms with Crippen molar-refractivity contribution in [2.75, 3.05) is 40.6 Å². The molecule has 6 nitrogen and oxygen atoms in total. The Morgan fingerprint density at radius 1 is 1.19 bits per heavy atom. The van der Waals surface area contributed by atoms with Gasteiger partial charge in [0.05, 0.1) is 40.6 Å². The summed E-state index contributed by atoms with van der Waals surface area (Å²) in [6, 6.07) is 2.76. The van der Waals surface area contributed by atoms with E-state index in [9.17, 15) is 12.8 Å². The second-order valence-corrected chi connectivity index (χ2v) is 6.78. The number of rotatable bonds is 7. The van der Waals surface area contributed by atoms with Gasteiger partial charge in [0, 0.05) is 18.6 Å². The fourth-order valence-electron chi connectivity index (χ4n) is 2.07. The van der Waals surface area contributed by atoms with Gasteiger partial charge in [-0.15, -0.1) is 0 Å². The molecule has 0 saturated heterocycles. The minimum Gasteiger partial charge on any atom is -0.493 e. The Bertz CT molecular complexity index is 601. The highest BCUT2D eigenvalue weighted by Gasteiger charge is 2.26. The minimum atomic E-state index is -4.01.